The lowest BCUT2D eigenvalue weighted by Gasteiger charge is -2.39. The molecule has 0 unspecified atom stereocenters. The van der Waals surface area contributed by atoms with Gasteiger partial charge in [0.25, 0.3) is 0 Å². The first kappa shape index (κ1) is 41.0. The van der Waals surface area contributed by atoms with Crippen molar-refractivity contribution in [3.63, 3.8) is 0 Å². The summed E-state index contributed by atoms with van der Waals surface area (Å²) in [7, 11) is 5.38. The van der Waals surface area contributed by atoms with Gasteiger partial charge < -0.3 is 36.3 Å². The monoisotopic (exact) mass is 681 g/mol. The Morgan fingerprint density at radius 1 is 1.04 bits per heavy atom. The molecule has 4 atom stereocenters. The van der Waals surface area contributed by atoms with E-state index in [0.717, 1.165) is 16.5 Å². The van der Waals surface area contributed by atoms with E-state index in [2.05, 4.69) is 16.0 Å². The molecule has 272 valence electrons. The smallest absolute Gasteiger partial charge is 0.326 e. The molecule has 0 saturated carbocycles. The lowest BCUT2D eigenvalue weighted by Crippen LogP contribution is -2.61. The number of aromatic nitrogens is 1. The average Bonchev–Trinajstić information content (AvgIpc) is 3.35. The number of hydrogen-bond acceptors (Lipinski definition) is 6. The van der Waals surface area contributed by atoms with Gasteiger partial charge in [-0.3, -0.25) is 19.8 Å². The summed E-state index contributed by atoms with van der Waals surface area (Å²) >= 11 is 0. The van der Waals surface area contributed by atoms with Crippen molar-refractivity contribution in [1.82, 2.24) is 25.4 Å². The first-order chi connectivity index (χ1) is 22.6. The number of carbonyl (C=O) groups is 4. The summed E-state index contributed by atoms with van der Waals surface area (Å²) in [6.45, 7) is 15.2. The van der Waals surface area contributed by atoms with Crippen LogP contribution in [0, 0.1) is 16.7 Å². The number of hydrogen-bond donors (Lipinski definition) is 6. The van der Waals surface area contributed by atoms with Gasteiger partial charge in [-0.25, -0.2) is 4.79 Å². The van der Waals surface area contributed by atoms with Gasteiger partial charge in [-0.15, -0.1) is 0 Å². The number of carboxylic acid groups (broad SMARTS) is 1. The van der Waals surface area contributed by atoms with Crippen LogP contribution in [0.3, 0.4) is 0 Å². The normalized spacial score (nSPS) is 15.0. The minimum Gasteiger partial charge on any atom is -0.480 e. The van der Waals surface area contributed by atoms with E-state index < -0.39 is 46.9 Å². The molecule has 0 fully saturated rings. The molecule has 0 spiro atoms. The highest BCUT2D eigenvalue weighted by atomic mass is 16.4. The number of carbonyl (C=O) groups excluding carboxylic acids is 3. The van der Waals surface area contributed by atoms with Gasteiger partial charge in [0.1, 0.15) is 12.1 Å². The van der Waals surface area contributed by atoms with Crippen molar-refractivity contribution in [3.8, 4) is 0 Å². The second kappa shape index (κ2) is 17.0. The Bertz CT molecular complexity index is 1540. The molecule has 3 amide bonds. The number of benzene rings is 1. The number of aryl methyl sites for hydroxylation is 1. The lowest BCUT2D eigenvalue weighted by atomic mass is 9.76. The molecular weight excluding hydrogens is 622 g/mol. The van der Waals surface area contributed by atoms with Gasteiger partial charge in [-0.2, -0.15) is 0 Å². The molecule has 0 saturated heterocycles. The third kappa shape index (κ3) is 10.4. The molecule has 1 aromatic carbocycles. The van der Waals surface area contributed by atoms with E-state index in [9.17, 15) is 24.3 Å². The highest BCUT2D eigenvalue weighted by Crippen LogP contribution is 2.35. The summed E-state index contributed by atoms with van der Waals surface area (Å²) in [5.74, 6) is -2.38. The number of carboxylic acids is 1. The molecule has 49 heavy (non-hydrogen) atoms. The number of nitrogens with zero attached hydrogens (tertiary/aromatic N) is 2. The van der Waals surface area contributed by atoms with Crippen LogP contribution in [-0.2, 0) is 31.6 Å². The maximum absolute atomic E-state index is 14.2. The molecule has 0 bridgehead atoms. The van der Waals surface area contributed by atoms with Crippen molar-refractivity contribution in [1.29, 1.82) is 5.41 Å². The summed E-state index contributed by atoms with van der Waals surface area (Å²) in [6.07, 6.45) is 5.32. The third-order valence-corrected chi connectivity index (χ3v) is 9.31. The Morgan fingerprint density at radius 3 is 2.18 bits per heavy atom. The topological polar surface area (TPSA) is 183 Å². The Labute approximate surface area is 291 Å². The van der Waals surface area contributed by atoms with Gasteiger partial charge in [0.2, 0.25) is 17.7 Å². The van der Waals surface area contributed by atoms with Crippen LogP contribution in [0.5, 0.6) is 0 Å². The largest absolute Gasteiger partial charge is 0.480 e. The molecule has 0 aliphatic rings. The number of aliphatic carboxylic acids is 1. The molecule has 1 heterocycles. The van der Waals surface area contributed by atoms with Crippen molar-refractivity contribution >= 4 is 40.4 Å². The fourth-order valence-electron chi connectivity index (χ4n) is 6.33. The molecule has 1 aromatic heterocycles. The Morgan fingerprint density at radius 2 is 1.65 bits per heavy atom. The van der Waals surface area contributed by atoms with Gasteiger partial charge in [0.15, 0.2) is 0 Å². The fraction of sp³-hybridized carbons (Fsp3) is 0.595. The Hall–Kier alpha value is -4.19. The molecule has 12 nitrogen and oxygen atoms in total. The molecule has 12 heteroatoms. The van der Waals surface area contributed by atoms with E-state index in [1.807, 2.05) is 90.5 Å². The number of unbranched alkanes of at least 4 members (excludes halogenated alkanes) is 1. The molecule has 0 radical (unpaired) electrons. The van der Waals surface area contributed by atoms with Crippen LogP contribution in [0.4, 0.5) is 0 Å². The SMILES string of the molecule is CN[C@H](C(=O)N[C@H](C(=O)N(C)[C@H](/C=C(\C)C(=O)N[C@@H](CCCCC(=N)N)C(=O)O)C(C)C)C(C)(C)C)C(C)(C)c1cn(C)c2ccccc12. The van der Waals surface area contributed by atoms with Crippen LogP contribution in [0.25, 0.3) is 10.9 Å². The first-order valence-electron chi connectivity index (χ1n) is 17.0. The quantitative estimate of drug-likeness (QED) is 0.0630. The van der Waals surface area contributed by atoms with E-state index in [0.29, 0.717) is 19.3 Å². The maximum atomic E-state index is 14.2. The number of amidine groups is 1. The Kier molecular flexibility index (Phi) is 14.2. The number of fused-ring (bicyclic) bond motifs is 1. The van der Waals surface area contributed by atoms with E-state index in [4.69, 9.17) is 11.1 Å². The van der Waals surface area contributed by atoms with Crippen molar-refractivity contribution in [2.24, 2.45) is 24.1 Å². The van der Waals surface area contributed by atoms with E-state index in [1.54, 1.807) is 32.0 Å². The van der Waals surface area contributed by atoms with Gasteiger partial charge in [-0.1, -0.05) is 79.2 Å². The summed E-state index contributed by atoms with van der Waals surface area (Å²) in [5.41, 5.74) is 6.43. The van der Waals surface area contributed by atoms with Crippen LogP contribution in [0.2, 0.25) is 0 Å². The predicted octanol–water partition coefficient (Wildman–Crippen LogP) is 4.07. The second-order valence-electron chi connectivity index (χ2n) is 15.1. The highest BCUT2D eigenvalue weighted by molar-refractivity contribution is 5.96. The number of nitrogens with two attached hydrogens (primary N) is 1. The fourth-order valence-corrected chi connectivity index (χ4v) is 6.33. The van der Waals surface area contributed by atoms with Crippen molar-refractivity contribution in [3.05, 3.63) is 47.7 Å². The summed E-state index contributed by atoms with van der Waals surface area (Å²) in [5, 5.41) is 26.9. The van der Waals surface area contributed by atoms with Gasteiger partial charge in [0.05, 0.1) is 17.9 Å². The highest BCUT2D eigenvalue weighted by Gasteiger charge is 2.42. The van der Waals surface area contributed by atoms with Crippen LogP contribution in [0.15, 0.2) is 42.1 Å². The summed E-state index contributed by atoms with van der Waals surface area (Å²) in [4.78, 5) is 54.9. The zero-order valence-corrected chi connectivity index (χ0v) is 31.2. The van der Waals surface area contributed by atoms with E-state index in [-0.39, 0.29) is 35.6 Å². The number of nitrogens with one attached hydrogen (secondary N) is 4. The van der Waals surface area contributed by atoms with Crippen LogP contribution in [0.1, 0.15) is 86.6 Å². The maximum Gasteiger partial charge on any atom is 0.326 e. The lowest BCUT2D eigenvalue weighted by molar-refractivity contribution is -0.141. The second-order valence-corrected chi connectivity index (χ2v) is 15.1. The number of rotatable bonds is 17. The number of para-hydroxylation sites is 1. The Balaban J connectivity index is 2.32. The van der Waals surface area contributed by atoms with Crippen molar-refractivity contribution in [2.45, 2.75) is 111 Å². The zero-order valence-electron chi connectivity index (χ0n) is 31.2. The summed E-state index contributed by atoms with van der Waals surface area (Å²) < 4.78 is 2.05. The molecular formula is C37H59N7O5. The molecule has 2 aromatic rings. The van der Waals surface area contributed by atoms with Crippen LogP contribution < -0.4 is 21.7 Å². The number of likely N-dealkylation sites (N-methyl/N-ethyl adjacent to an activating group) is 2. The molecule has 0 aliphatic carbocycles. The van der Waals surface area contributed by atoms with Gasteiger partial charge in [0, 0.05) is 48.6 Å². The minimum absolute atomic E-state index is 0.0351. The molecule has 0 aliphatic heterocycles. The molecule has 7 N–H and O–H groups in total. The minimum atomic E-state index is -1.15. The molecule has 2 rings (SSSR count). The van der Waals surface area contributed by atoms with Crippen molar-refractivity contribution < 1.29 is 24.3 Å². The van der Waals surface area contributed by atoms with Crippen LogP contribution >= 0.6 is 0 Å². The zero-order chi connectivity index (χ0) is 37.4. The van der Waals surface area contributed by atoms with E-state index >= 15 is 0 Å². The third-order valence-electron chi connectivity index (χ3n) is 9.31. The van der Waals surface area contributed by atoms with E-state index in [1.165, 1.54) is 0 Å². The first-order valence-corrected chi connectivity index (χ1v) is 17.0. The number of amides is 3. The standard InChI is InChI=1S/C37H59N7O5/c1-22(2)28(20-23(3)32(45)41-26(35(48)49)17-13-15-19-29(38)39)44(11)34(47)31(36(4,5)6)42-33(46)30(40-9)37(7,8)25-21-43(10)27-18-14-12-16-24(25)27/h12,14,16,18,20-22,26,28,30-31,40H,13,15,17,19H2,1-11H3,(H3,38,39)(H,41,45)(H,42,46)(H,48,49)/b23-20+/t26-,28+,30+,31+/m0/s1. The predicted molar refractivity (Wildman–Crippen MR) is 195 cm³/mol. The van der Waals surface area contributed by atoms with Crippen LogP contribution in [-0.4, -0.2) is 82.4 Å². The summed E-state index contributed by atoms with van der Waals surface area (Å²) in [6, 6.07) is 4.88. The van der Waals surface area contributed by atoms with Gasteiger partial charge >= 0.3 is 5.97 Å². The van der Waals surface area contributed by atoms with Crippen molar-refractivity contribution in [2.75, 3.05) is 14.1 Å². The average molecular weight is 682 g/mol. The van der Waals surface area contributed by atoms with Gasteiger partial charge in [-0.05, 0) is 49.8 Å².